The van der Waals surface area contributed by atoms with Crippen molar-refractivity contribution in [2.24, 2.45) is 11.8 Å². The van der Waals surface area contributed by atoms with E-state index in [1.165, 1.54) is 13.3 Å². The Labute approximate surface area is 99.1 Å². The lowest BCUT2D eigenvalue weighted by Crippen LogP contribution is -2.45. The van der Waals surface area contributed by atoms with Gasteiger partial charge in [-0.25, -0.2) is 0 Å². The third-order valence-corrected chi connectivity index (χ3v) is 3.97. The molecule has 92 valence electrons. The molecule has 2 nitrogen and oxygen atoms in total. The highest BCUT2D eigenvalue weighted by Crippen LogP contribution is 2.42. The summed E-state index contributed by atoms with van der Waals surface area (Å²) in [5, 5.41) is 0. The summed E-state index contributed by atoms with van der Waals surface area (Å²) < 4.78 is 5.61. The van der Waals surface area contributed by atoms with Crippen LogP contribution in [0, 0.1) is 11.8 Å². The van der Waals surface area contributed by atoms with Crippen LogP contribution in [0.3, 0.4) is 0 Å². The second kappa shape index (κ2) is 5.51. The highest BCUT2D eigenvalue weighted by Gasteiger charge is 2.43. The van der Waals surface area contributed by atoms with E-state index < -0.39 is 5.60 Å². The maximum atomic E-state index is 11.3. The van der Waals surface area contributed by atoms with Crippen molar-refractivity contribution >= 4 is 5.97 Å². The molecule has 0 amide bonds. The van der Waals surface area contributed by atoms with E-state index in [2.05, 4.69) is 20.4 Å². The number of carbonyl (C=O) groups is 1. The van der Waals surface area contributed by atoms with Gasteiger partial charge in [-0.1, -0.05) is 33.3 Å². The summed E-state index contributed by atoms with van der Waals surface area (Å²) in [4.78, 5) is 11.3. The van der Waals surface area contributed by atoms with Gasteiger partial charge >= 0.3 is 5.97 Å². The van der Waals surface area contributed by atoms with Gasteiger partial charge in [0.05, 0.1) is 0 Å². The first-order chi connectivity index (χ1) is 7.55. The summed E-state index contributed by atoms with van der Waals surface area (Å²) in [6.45, 7) is 9.84. The molecule has 1 saturated carbocycles. The van der Waals surface area contributed by atoms with Crippen molar-refractivity contribution in [2.45, 2.75) is 58.5 Å². The predicted molar refractivity (Wildman–Crippen MR) is 66.1 cm³/mol. The van der Waals surface area contributed by atoms with E-state index in [-0.39, 0.29) is 5.97 Å². The maximum Gasteiger partial charge on any atom is 0.303 e. The molecule has 0 aromatic rings. The van der Waals surface area contributed by atoms with E-state index >= 15 is 0 Å². The van der Waals surface area contributed by atoms with Crippen LogP contribution in [0.25, 0.3) is 0 Å². The van der Waals surface area contributed by atoms with Crippen molar-refractivity contribution in [3.05, 3.63) is 12.7 Å². The zero-order chi connectivity index (χ0) is 12.2. The van der Waals surface area contributed by atoms with Crippen LogP contribution in [-0.4, -0.2) is 11.6 Å². The lowest BCUT2D eigenvalue weighted by atomic mass is 9.69. The van der Waals surface area contributed by atoms with Crippen LogP contribution in [0.5, 0.6) is 0 Å². The molecule has 3 unspecified atom stereocenters. The Bertz CT molecular complexity index is 259. The van der Waals surface area contributed by atoms with Crippen molar-refractivity contribution in [2.75, 3.05) is 0 Å². The molecular formula is C14H24O2. The Balaban J connectivity index is 2.91. The third kappa shape index (κ3) is 2.66. The smallest absolute Gasteiger partial charge is 0.303 e. The fraction of sp³-hybridized carbons (Fsp3) is 0.786. The molecule has 0 spiro atoms. The van der Waals surface area contributed by atoms with E-state index in [1.54, 1.807) is 0 Å². The van der Waals surface area contributed by atoms with Gasteiger partial charge in [-0.2, -0.15) is 0 Å². The van der Waals surface area contributed by atoms with Crippen LogP contribution in [-0.2, 0) is 9.53 Å². The summed E-state index contributed by atoms with van der Waals surface area (Å²) >= 11 is 0. The monoisotopic (exact) mass is 224 g/mol. The Hall–Kier alpha value is -0.790. The number of hydrogen-bond donors (Lipinski definition) is 0. The van der Waals surface area contributed by atoms with Gasteiger partial charge < -0.3 is 4.74 Å². The second-order valence-corrected chi connectivity index (χ2v) is 4.99. The molecule has 0 aromatic carbocycles. The van der Waals surface area contributed by atoms with Crippen molar-refractivity contribution in [3.8, 4) is 0 Å². The van der Waals surface area contributed by atoms with E-state index in [9.17, 15) is 4.79 Å². The quantitative estimate of drug-likeness (QED) is 0.537. The minimum absolute atomic E-state index is 0.185. The minimum atomic E-state index is -0.403. The Kier molecular flexibility index (Phi) is 4.57. The van der Waals surface area contributed by atoms with Crippen LogP contribution in [0.4, 0.5) is 0 Å². The zero-order valence-corrected chi connectivity index (χ0v) is 10.8. The van der Waals surface area contributed by atoms with Crippen LogP contribution in [0.2, 0.25) is 0 Å². The number of hydrogen-bond acceptors (Lipinski definition) is 2. The van der Waals surface area contributed by atoms with E-state index in [1.807, 2.05) is 6.08 Å². The molecule has 1 aliphatic carbocycles. The molecule has 16 heavy (non-hydrogen) atoms. The predicted octanol–water partition coefficient (Wildman–Crippen LogP) is 3.71. The Morgan fingerprint density at radius 3 is 2.81 bits per heavy atom. The van der Waals surface area contributed by atoms with Crippen LogP contribution in [0.15, 0.2) is 12.7 Å². The van der Waals surface area contributed by atoms with Crippen molar-refractivity contribution < 1.29 is 9.53 Å². The molecule has 0 heterocycles. The first kappa shape index (κ1) is 13.3. The molecule has 0 radical (unpaired) electrons. The number of rotatable bonds is 4. The van der Waals surface area contributed by atoms with Gasteiger partial charge in [0.25, 0.3) is 0 Å². The number of esters is 1. The molecule has 3 atom stereocenters. The normalized spacial score (nSPS) is 31.8. The van der Waals surface area contributed by atoms with Gasteiger partial charge in [0.2, 0.25) is 0 Å². The molecule has 0 N–H and O–H groups in total. The van der Waals surface area contributed by atoms with Gasteiger partial charge in [-0.15, -0.1) is 0 Å². The van der Waals surface area contributed by atoms with Crippen molar-refractivity contribution in [1.29, 1.82) is 0 Å². The summed E-state index contributed by atoms with van der Waals surface area (Å²) in [5.41, 5.74) is -0.403. The molecule has 0 bridgehead atoms. The minimum Gasteiger partial charge on any atom is -0.455 e. The maximum absolute atomic E-state index is 11.3. The lowest BCUT2D eigenvalue weighted by Gasteiger charge is -2.44. The van der Waals surface area contributed by atoms with Gasteiger partial charge in [0.1, 0.15) is 5.60 Å². The van der Waals surface area contributed by atoms with Gasteiger partial charge in [-0.05, 0) is 31.3 Å². The van der Waals surface area contributed by atoms with Gasteiger partial charge in [0.15, 0.2) is 0 Å². The first-order valence-electron chi connectivity index (χ1n) is 6.39. The van der Waals surface area contributed by atoms with Gasteiger partial charge in [0, 0.05) is 12.8 Å². The molecule has 0 aromatic heterocycles. The summed E-state index contributed by atoms with van der Waals surface area (Å²) in [6.07, 6.45) is 7.45. The Morgan fingerprint density at radius 1 is 1.62 bits per heavy atom. The Morgan fingerprint density at radius 2 is 2.31 bits per heavy atom. The number of ether oxygens (including phenoxy) is 1. The molecule has 0 saturated heterocycles. The van der Waals surface area contributed by atoms with E-state index in [0.29, 0.717) is 11.8 Å². The van der Waals surface area contributed by atoms with Crippen LogP contribution in [0.1, 0.15) is 52.9 Å². The molecule has 1 aliphatic rings. The lowest BCUT2D eigenvalue weighted by molar-refractivity contribution is -0.162. The standard InChI is InChI=1S/C14H24O2/c1-5-11(3)13-9-7-8-10-14(13,6-2)16-12(4)15/h6,11,13H,2,5,7-10H2,1,3-4H3. The summed E-state index contributed by atoms with van der Waals surface area (Å²) in [6, 6.07) is 0. The topological polar surface area (TPSA) is 26.3 Å². The average molecular weight is 224 g/mol. The largest absolute Gasteiger partial charge is 0.455 e. The first-order valence-corrected chi connectivity index (χ1v) is 6.39. The van der Waals surface area contributed by atoms with Crippen LogP contribution < -0.4 is 0 Å². The van der Waals surface area contributed by atoms with Crippen molar-refractivity contribution in [1.82, 2.24) is 0 Å². The summed E-state index contributed by atoms with van der Waals surface area (Å²) in [7, 11) is 0. The molecular weight excluding hydrogens is 200 g/mol. The SMILES string of the molecule is C=CC1(OC(C)=O)CCCCC1C(C)CC. The molecule has 0 aliphatic heterocycles. The molecule has 2 heteroatoms. The van der Waals surface area contributed by atoms with E-state index in [4.69, 9.17) is 4.74 Å². The fourth-order valence-electron chi connectivity index (χ4n) is 2.94. The second-order valence-electron chi connectivity index (χ2n) is 4.99. The summed E-state index contributed by atoms with van der Waals surface area (Å²) in [5.74, 6) is 0.834. The van der Waals surface area contributed by atoms with Gasteiger partial charge in [-0.3, -0.25) is 4.79 Å². The van der Waals surface area contributed by atoms with Crippen molar-refractivity contribution in [3.63, 3.8) is 0 Å². The van der Waals surface area contributed by atoms with E-state index in [0.717, 1.165) is 25.7 Å². The molecule has 1 fully saturated rings. The molecule has 1 rings (SSSR count). The fourth-order valence-corrected chi connectivity index (χ4v) is 2.94. The third-order valence-electron chi connectivity index (χ3n) is 3.97. The highest BCUT2D eigenvalue weighted by atomic mass is 16.6. The van der Waals surface area contributed by atoms with Crippen LogP contribution >= 0.6 is 0 Å². The zero-order valence-electron chi connectivity index (χ0n) is 10.8. The highest BCUT2D eigenvalue weighted by molar-refractivity contribution is 5.67. The average Bonchev–Trinajstić information content (AvgIpc) is 2.27. The number of carbonyl (C=O) groups excluding carboxylic acids is 1.